The Hall–Kier alpha value is -2.25. The van der Waals surface area contributed by atoms with E-state index >= 15 is 0 Å². The molecule has 0 aliphatic heterocycles. The number of aliphatic hydroxyl groups excluding tert-OH is 1. The van der Waals surface area contributed by atoms with Crippen LogP contribution in [0.3, 0.4) is 0 Å². The number of imidazole rings is 1. The average Bonchev–Trinajstić information content (AvgIpc) is 2.92. The van der Waals surface area contributed by atoms with E-state index in [1.807, 2.05) is 0 Å². The Labute approximate surface area is 126 Å². The quantitative estimate of drug-likeness (QED) is 0.772. The Morgan fingerprint density at radius 1 is 1.14 bits per heavy atom. The molecule has 114 valence electrons. The highest BCUT2D eigenvalue weighted by Gasteiger charge is 2.24. The normalized spacial score (nSPS) is 13.4. The van der Waals surface area contributed by atoms with E-state index in [4.69, 9.17) is 0 Å². The summed E-state index contributed by atoms with van der Waals surface area (Å²) in [5, 5.41) is 9.85. The first-order valence-corrected chi connectivity index (χ1v) is 8.22. The maximum Gasteiger partial charge on any atom is 0.226 e. The van der Waals surface area contributed by atoms with E-state index in [9.17, 15) is 17.9 Å². The van der Waals surface area contributed by atoms with Crippen LogP contribution in [0.5, 0.6) is 0 Å². The molecule has 0 amide bonds. The van der Waals surface area contributed by atoms with Gasteiger partial charge in [0.25, 0.3) is 0 Å². The zero-order valence-corrected chi connectivity index (χ0v) is 12.2. The molecule has 2 aromatic carbocycles. The SMILES string of the molecule is O=S(=O)(CC(O)c1ccc(F)cc1)c1nc2ccccc2[nH]1. The number of rotatable bonds is 4. The first-order chi connectivity index (χ1) is 10.5. The summed E-state index contributed by atoms with van der Waals surface area (Å²) in [5.41, 5.74) is 1.48. The van der Waals surface area contributed by atoms with Crippen molar-refractivity contribution < 1.29 is 17.9 Å². The molecule has 0 radical (unpaired) electrons. The van der Waals surface area contributed by atoms with Gasteiger partial charge in [-0.05, 0) is 29.8 Å². The van der Waals surface area contributed by atoms with Gasteiger partial charge in [0.15, 0.2) is 0 Å². The summed E-state index contributed by atoms with van der Waals surface area (Å²) in [6.45, 7) is 0. The molecule has 0 fully saturated rings. The van der Waals surface area contributed by atoms with E-state index in [1.165, 1.54) is 24.3 Å². The highest BCUT2D eigenvalue weighted by Crippen LogP contribution is 2.20. The molecule has 0 bridgehead atoms. The number of benzene rings is 2. The van der Waals surface area contributed by atoms with Gasteiger partial charge >= 0.3 is 0 Å². The number of halogens is 1. The van der Waals surface area contributed by atoms with Crippen LogP contribution in [-0.4, -0.2) is 29.2 Å². The van der Waals surface area contributed by atoms with E-state index < -0.39 is 27.5 Å². The smallest absolute Gasteiger partial charge is 0.226 e. The Morgan fingerprint density at radius 3 is 2.50 bits per heavy atom. The predicted molar refractivity (Wildman–Crippen MR) is 79.5 cm³/mol. The lowest BCUT2D eigenvalue weighted by Gasteiger charge is -2.10. The van der Waals surface area contributed by atoms with E-state index in [-0.39, 0.29) is 5.16 Å². The van der Waals surface area contributed by atoms with Crippen molar-refractivity contribution in [3.8, 4) is 0 Å². The standard InChI is InChI=1S/C15H13FN2O3S/c16-11-7-5-10(6-8-11)14(19)9-22(20,21)15-17-12-3-1-2-4-13(12)18-15/h1-8,14,19H,9H2,(H,17,18). The number of aliphatic hydroxyl groups is 1. The van der Waals surface area contributed by atoms with E-state index in [2.05, 4.69) is 9.97 Å². The summed E-state index contributed by atoms with van der Waals surface area (Å²) in [7, 11) is -3.79. The van der Waals surface area contributed by atoms with Crippen molar-refractivity contribution in [2.24, 2.45) is 0 Å². The van der Waals surface area contributed by atoms with Gasteiger partial charge < -0.3 is 10.1 Å². The molecule has 0 saturated heterocycles. The summed E-state index contributed by atoms with van der Waals surface area (Å²) < 4.78 is 37.5. The number of para-hydroxylation sites is 2. The van der Waals surface area contributed by atoms with Crippen LogP contribution in [0.4, 0.5) is 4.39 Å². The number of aromatic nitrogens is 2. The molecule has 1 aromatic heterocycles. The maximum absolute atomic E-state index is 12.9. The Bertz CT molecular complexity index is 871. The number of H-pyrrole nitrogens is 1. The zero-order valence-electron chi connectivity index (χ0n) is 11.4. The molecule has 7 heteroatoms. The summed E-state index contributed by atoms with van der Waals surface area (Å²) in [4.78, 5) is 6.76. The molecule has 0 saturated carbocycles. The maximum atomic E-state index is 12.9. The molecule has 1 atom stereocenters. The van der Waals surface area contributed by atoms with Crippen LogP contribution < -0.4 is 0 Å². The largest absolute Gasteiger partial charge is 0.387 e. The van der Waals surface area contributed by atoms with Gasteiger partial charge in [-0.3, -0.25) is 0 Å². The van der Waals surface area contributed by atoms with Crippen LogP contribution >= 0.6 is 0 Å². The van der Waals surface area contributed by atoms with Gasteiger partial charge in [-0.1, -0.05) is 24.3 Å². The van der Waals surface area contributed by atoms with Crippen molar-refractivity contribution in [3.05, 3.63) is 59.9 Å². The van der Waals surface area contributed by atoms with Crippen molar-refractivity contribution in [1.82, 2.24) is 9.97 Å². The van der Waals surface area contributed by atoms with Crippen LogP contribution in [0.25, 0.3) is 11.0 Å². The second-order valence-electron chi connectivity index (χ2n) is 4.91. The lowest BCUT2D eigenvalue weighted by atomic mass is 10.1. The fourth-order valence-corrected chi connectivity index (χ4v) is 3.41. The number of nitrogens with one attached hydrogen (secondary N) is 1. The van der Waals surface area contributed by atoms with Crippen molar-refractivity contribution in [2.45, 2.75) is 11.3 Å². The minimum absolute atomic E-state index is 0.185. The molecule has 22 heavy (non-hydrogen) atoms. The average molecular weight is 320 g/mol. The second kappa shape index (κ2) is 5.51. The number of aromatic amines is 1. The first-order valence-electron chi connectivity index (χ1n) is 6.57. The molecule has 2 N–H and O–H groups in total. The third kappa shape index (κ3) is 2.86. The number of hydrogen-bond donors (Lipinski definition) is 2. The van der Waals surface area contributed by atoms with Crippen molar-refractivity contribution >= 4 is 20.9 Å². The topological polar surface area (TPSA) is 83.1 Å². The van der Waals surface area contributed by atoms with Crippen LogP contribution in [-0.2, 0) is 9.84 Å². The molecule has 0 spiro atoms. The van der Waals surface area contributed by atoms with Crippen LogP contribution in [0, 0.1) is 5.82 Å². The van der Waals surface area contributed by atoms with Crippen LogP contribution in [0.15, 0.2) is 53.7 Å². The first kappa shape index (κ1) is 14.7. The fraction of sp³-hybridized carbons (Fsp3) is 0.133. The molecule has 0 aliphatic carbocycles. The molecule has 0 aliphatic rings. The summed E-state index contributed by atoms with van der Waals surface area (Å²) in [5.74, 6) is -0.977. The minimum atomic E-state index is -3.79. The summed E-state index contributed by atoms with van der Waals surface area (Å²) in [6, 6.07) is 12.0. The molecular formula is C15H13FN2O3S. The number of hydrogen-bond acceptors (Lipinski definition) is 4. The van der Waals surface area contributed by atoms with E-state index in [0.29, 0.717) is 16.6 Å². The van der Waals surface area contributed by atoms with Gasteiger partial charge in [-0.2, -0.15) is 0 Å². The zero-order chi connectivity index (χ0) is 15.7. The molecule has 1 unspecified atom stereocenters. The Kier molecular flexibility index (Phi) is 3.67. The van der Waals surface area contributed by atoms with Gasteiger partial charge in [0.2, 0.25) is 15.0 Å². The Balaban J connectivity index is 1.87. The lowest BCUT2D eigenvalue weighted by molar-refractivity contribution is 0.201. The molecular weight excluding hydrogens is 307 g/mol. The van der Waals surface area contributed by atoms with Crippen molar-refractivity contribution in [2.75, 3.05) is 5.75 Å². The van der Waals surface area contributed by atoms with Gasteiger partial charge in [0, 0.05) is 0 Å². The predicted octanol–water partition coefficient (Wildman–Crippen LogP) is 2.21. The number of nitrogens with zero attached hydrogens (tertiary/aromatic N) is 1. The van der Waals surface area contributed by atoms with Gasteiger partial charge in [0.05, 0.1) is 22.9 Å². The van der Waals surface area contributed by atoms with Gasteiger partial charge in [0.1, 0.15) is 5.82 Å². The number of fused-ring (bicyclic) bond motifs is 1. The second-order valence-corrected chi connectivity index (χ2v) is 6.86. The van der Waals surface area contributed by atoms with Crippen LogP contribution in [0.2, 0.25) is 0 Å². The van der Waals surface area contributed by atoms with Crippen LogP contribution in [0.1, 0.15) is 11.7 Å². The fourth-order valence-electron chi connectivity index (χ4n) is 2.14. The highest BCUT2D eigenvalue weighted by atomic mass is 32.2. The molecule has 3 rings (SSSR count). The van der Waals surface area contributed by atoms with Crippen molar-refractivity contribution in [3.63, 3.8) is 0 Å². The third-order valence-corrected chi connectivity index (χ3v) is 4.83. The summed E-state index contributed by atoms with van der Waals surface area (Å²) in [6.07, 6.45) is -1.25. The highest BCUT2D eigenvalue weighted by molar-refractivity contribution is 7.91. The minimum Gasteiger partial charge on any atom is -0.387 e. The molecule has 5 nitrogen and oxygen atoms in total. The Morgan fingerprint density at radius 2 is 1.82 bits per heavy atom. The summed E-state index contributed by atoms with van der Waals surface area (Å²) >= 11 is 0. The lowest BCUT2D eigenvalue weighted by Crippen LogP contribution is -2.16. The van der Waals surface area contributed by atoms with E-state index in [1.54, 1.807) is 24.3 Å². The molecule has 1 heterocycles. The van der Waals surface area contributed by atoms with E-state index in [0.717, 1.165) is 0 Å². The third-order valence-electron chi connectivity index (χ3n) is 3.29. The van der Waals surface area contributed by atoms with Gasteiger partial charge in [-0.15, -0.1) is 0 Å². The van der Waals surface area contributed by atoms with Gasteiger partial charge in [-0.25, -0.2) is 17.8 Å². The molecule has 3 aromatic rings. The van der Waals surface area contributed by atoms with Crippen molar-refractivity contribution in [1.29, 1.82) is 0 Å². The number of sulfone groups is 1. The monoisotopic (exact) mass is 320 g/mol.